The van der Waals surface area contributed by atoms with Gasteiger partial charge in [-0.2, -0.15) is 0 Å². The van der Waals surface area contributed by atoms with Crippen molar-refractivity contribution in [3.05, 3.63) is 12.7 Å². The van der Waals surface area contributed by atoms with Crippen LogP contribution in [0.1, 0.15) is 32.1 Å². The first-order chi connectivity index (χ1) is 6.36. The maximum atomic E-state index is 5.66. The van der Waals surface area contributed by atoms with E-state index in [1.165, 1.54) is 19.3 Å². The normalized spacial score (nSPS) is 25.5. The molecule has 1 saturated heterocycles. The van der Waals surface area contributed by atoms with Gasteiger partial charge in [0.15, 0.2) is 0 Å². The van der Waals surface area contributed by atoms with E-state index in [0.29, 0.717) is 12.1 Å². The maximum Gasteiger partial charge on any atom is 0.0575 e. The zero-order valence-electron chi connectivity index (χ0n) is 8.59. The number of hydrogen-bond donors (Lipinski definition) is 1. The average Bonchev–Trinajstić information content (AvgIpc) is 2.21. The molecule has 1 heterocycles. The van der Waals surface area contributed by atoms with Crippen molar-refractivity contribution in [2.75, 3.05) is 13.7 Å². The topological polar surface area (TPSA) is 21.3 Å². The highest BCUT2D eigenvalue weighted by atomic mass is 16.5. The van der Waals surface area contributed by atoms with Gasteiger partial charge in [-0.05, 0) is 39.2 Å². The number of hydrogen-bond acceptors (Lipinski definition) is 2. The molecule has 2 unspecified atom stereocenters. The van der Waals surface area contributed by atoms with Gasteiger partial charge in [0.05, 0.1) is 6.10 Å². The second-order valence-electron chi connectivity index (χ2n) is 3.70. The lowest BCUT2D eigenvalue weighted by Crippen LogP contribution is -2.26. The molecule has 0 aliphatic carbocycles. The maximum absolute atomic E-state index is 5.66. The van der Waals surface area contributed by atoms with Gasteiger partial charge in [-0.1, -0.05) is 6.08 Å². The summed E-state index contributed by atoms with van der Waals surface area (Å²) in [6.07, 6.45) is 8.61. The lowest BCUT2D eigenvalue weighted by atomic mass is 10.0. The van der Waals surface area contributed by atoms with Crippen LogP contribution in [0.15, 0.2) is 12.7 Å². The van der Waals surface area contributed by atoms with Gasteiger partial charge in [-0.25, -0.2) is 0 Å². The fourth-order valence-corrected chi connectivity index (χ4v) is 1.78. The zero-order valence-corrected chi connectivity index (χ0v) is 8.59. The van der Waals surface area contributed by atoms with E-state index >= 15 is 0 Å². The number of likely N-dealkylation sites (N-methyl/N-ethyl adjacent to an activating group) is 1. The van der Waals surface area contributed by atoms with Crippen LogP contribution in [0.5, 0.6) is 0 Å². The second kappa shape index (κ2) is 6.17. The molecule has 0 radical (unpaired) electrons. The van der Waals surface area contributed by atoms with Gasteiger partial charge in [0.25, 0.3) is 0 Å². The highest BCUT2D eigenvalue weighted by molar-refractivity contribution is 4.85. The van der Waals surface area contributed by atoms with Crippen LogP contribution >= 0.6 is 0 Å². The van der Waals surface area contributed by atoms with Crippen LogP contribution in [0.2, 0.25) is 0 Å². The fraction of sp³-hybridized carbons (Fsp3) is 0.818. The van der Waals surface area contributed by atoms with Crippen molar-refractivity contribution in [2.24, 2.45) is 0 Å². The number of rotatable bonds is 5. The van der Waals surface area contributed by atoms with E-state index in [9.17, 15) is 0 Å². The molecule has 2 atom stereocenters. The molecule has 0 bridgehead atoms. The quantitative estimate of drug-likeness (QED) is 0.659. The summed E-state index contributed by atoms with van der Waals surface area (Å²) in [5.41, 5.74) is 0. The van der Waals surface area contributed by atoms with Gasteiger partial charge in [-0.15, -0.1) is 6.58 Å². The molecule has 1 N–H and O–H groups in total. The molecule has 1 rings (SSSR count). The van der Waals surface area contributed by atoms with E-state index in [1.54, 1.807) is 0 Å². The number of ether oxygens (including phenoxy) is 1. The van der Waals surface area contributed by atoms with Gasteiger partial charge in [0, 0.05) is 12.6 Å². The van der Waals surface area contributed by atoms with Crippen LogP contribution in [0.25, 0.3) is 0 Å². The largest absolute Gasteiger partial charge is 0.378 e. The molecule has 0 amide bonds. The molecule has 0 aromatic rings. The summed E-state index contributed by atoms with van der Waals surface area (Å²) in [6.45, 7) is 4.75. The molecule has 0 saturated carbocycles. The second-order valence-corrected chi connectivity index (χ2v) is 3.70. The molecule has 0 aromatic carbocycles. The van der Waals surface area contributed by atoms with Gasteiger partial charge in [0.2, 0.25) is 0 Å². The van der Waals surface area contributed by atoms with E-state index in [-0.39, 0.29) is 0 Å². The Hall–Kier alpha value is -0.340. The summed E-state index contributed by atoms with van der Waals surface area (Å²) < 4.78 is 5.66. The van der Waals surface area contributed by atoms with Crippen LogP contribution in [0.3, 0.4) is 0 Å². The minimum atomic E-state index is 0.450. The first-order valence-electron chi connectivity index (χ1n) is 5.28. The van der Waals surface area contributed by atoms with Crippen molar-refractivity contribution in [3.63, 3.8) is 0 Å². The first kappa shape index (κ1) is 10.7. The van der Waals surface area contributed by atoms with Gasteiger partial charge >= 0.3 is 0 Å². The third-order valence-electron chi connectivity index (χ3n) is 2.73. The fourth-order valence-electron chi connectivity index (χ4n) is 1.78. The minimum Gasteiger partial charge on any atom is -0.378 e. The predicted molar refractivity (Wildman–Crippen MR) is 55.9 cm³/mol. The summed E-state index contributed by atoms with van der Waals surface area (Å²) in [5, 5.41) is 3.22. The smallest absolute Gasteiger partial charge is 0.0575 e. The molecule has 76 valence electrons. The van der Waals surface area contributed by atoms with Crippen molar-refractivity contribution < 1.29 is 4.74 Å². The molecular weight excluding hydrogens is 162 g/mol. The molecule has 0 spiro atoms. The minimum absolute atomic E-state index is 0.450. The Morgan fingerprint density at radius 1 is 1.62 bits per heavy atom. The van der Waals surface area contributed by atoms with Gasteiger partial charge < -0.3 is 10.1 Å². The molecule has 0 aromatic heterocycles. The van der Waals surface area contributed by atoms with Crippen LogP contribution in [0, 0.1) is 0 Å². The Kier molecular flexibility index (Phi) is 5.09. The Morgan fingerprint density at radius 2 is 2.46 bits per heavy atom. The highest BCUT2D eigenvalue weighted by Crippen LogP contribution is 2.17. The van der Waals surface area contributed by atoms with Crippen LogP contribution in [-0.2, 0) is 4.74 Å². The lowest BCUT2D eigenvalue weighted by molar-refractivity contribution is 0.00936. The third-order valence-corrected chi connectivity index (χ3v) is 2.73. The summed E-state index contributed by atoms with van der Waals surface area (Å²) in [6, 6.07) is 0.450. The third kappa shape index (κ3) is 3.92. The lowest BCUT2D eigenvalue weighted by Gasteiger charge is -2.23. The SMILES string of the molecule is C=CC(CCC1CCCCO1)NC. The first-order valence-corrected chi connectivity index (χ1v) is 5.28. The van der Waals surface area contributed by atoms with Crippen molar-refractivity contribution in [1.82, 2.24) is 5.32 Å². The molecule has 13 heavy (non-hydrogen) atoms. The highest BCUT2D eigenvalue weighted by Gasteiger charge is 2.14. The van der Waals surface area contributed by atoms with Crippen molar-refractivity contribution >= 4 is 0 Å². The van der Waals surface area contributed by atoms with Crippen molar-refractivity contribution in [1.29, 1.82) is 0 Å². The monoisotopic (exact) mass is 183 g/mol. The van der Waals surface area contributed by atoms with Crippen LogP contribution in [-0.4, -0.2) is 25.8 Å². The van der Waals surface area contributed by atoms with Crippen molar-refractivity contribution in [2.45, 2.75) is 44.2 Å². The Morgan fingerprint density at radius 3 is 3.00 bits per heavy atom. The Bertz CT molecular complexity index is 141. The zero-order chi connectivity index (χ0) is 9.52. The van der Waals surface area contributed by atoms with Crippen LogP contribution < -0.4 is 5.32 Å². The average molecular weight is 183 g/mol. The van der Waals surface area contributed by atoms with E-state index in [2.05, 4.69) is 11.9 Å². The summed E-state index contributed by atoms with van der Waals surface area (Å²) in [4.78, 5) is 0. The van der Waals surface area contributed by atoms with Crippen molar-refractivity contribution in [3.8, 4) is 0 Å². The van der Waals surface area contributed by atoms with Gasteiger partial charge in [0.1, 0.15) is 0 Å². The standard InChI is InChI=1S/C11H21NO/c1-3-10(12-2)7-8-11-6-4-5-9-13-11/h3,10-12H,1,4-9H2,2H3. The summed E-state index contributed by atoms with van der Waals surface area (Å²) >= 11 is 0. The van der Waals surface area contributed by atoms with E-state index in [4.69, 9.17) is 4.74 Å². The predicted octanol–water partition coefficient (Wildman–Crippen LogP) is 2.11. The van der Waals surface area contributed by atoms with E-state index in [1.807, 2.05) is 13.1 Å². The molecule has 2 nitrogen and oxygen atoms in total. The number of nitrogens with one attached hydrogen (secondary N) is 1. The molecular formula is C11H21NO. The summed E-state index contributed by atoms with van der Waals surface area (Å²) in [5.74, 6) is 0. The Labute approximate surface area is 81.4 Å². The summed E-state index contributed by atoms with van der Waals surface area (Å²) in [7, 11) is 1.98. The van der Waals surface area contributed by atoms with Crippen LogP contribution in [0.4, 0.5) is 0 Å². The Balaban J connectivity index is 2.12. The molecule has 2 heteroatoms. The van der Waals surface area contributed by atoms with E-state index < -0.39 is 0 Å². The molecule has 1 aliphatic rings. The molecule has 1 aliphatic heterocycles. The van der Waals surface area contributed by atoms with Gasteiger partial charge in [-0.3, -0.25) is 0 Å². The molecule has 1 fully saturated rings. The van der Waals surface area contributed by atoms with E-state index in [0.717, 1.165) is 19.4 Å².